The molecule has 1 aromatic carbocycles. The van der Waals surface area contributed by atoms with E-state index in [1.54, 1.807) is 7.11 Å². The lowest BCUT2D eigenvalue weighted by Gasteiger charge is -2.24. The van der Waals surface area contributed by atoms with E-state index in [-0.39, 0.29) is 5.54 Å². The Hall–Kier alpha value is -1.02. The minimum Gasteiger partial charge on any atom is -0.496 e. The molecule has 0 aliphatic rings. The Morgan fingerprint density at radius 2 is 1.79 bits per heavy atom. The van der Waals surface area contributed by atoms with Gasteiger partial charge in [0.05, 0.1) is 7.11 Å². The number of aryl methyl sites for hydroxylation is 2. The van der Waals surface area contributed by atoms with Gasteiger partial charge in [-0.15, -0.1) is 0 Å². The molecule has 0 bridgehead atoms. The maximum absolute atomic E-state index is 6.09. The van der Waals surface area contributed by atoms with Gasteiger partial charge in [-0.3, -0.25) is 0 Å². The predicted octanol–water partition coefficient (Wildman–Crippen LogP) is 2.51. The van der Waals surface area contributed by atoms with Gasteiger partial charge in [0, 0.05) is 11.1 Å². The van der Waals surface area contributed by atoms with Crippen LogP contribution in [0, 0.1) is 13.8 Å². The van der Waals surface area contributed by atoms with E-state index in [9.17, 15) is 0 Å². The van der Waals surface area contributed by atoms with Crippen LogP contribution in [0.4, 0.5) is 0 Å². The highest BCUT2D eigenvalue weighted by Crippen LogP contribution is 2.31. The van der Waals surface area contributed by atoms with Crippen molar-refractivity contribution < 1.29 is 4.74 Å². The summed E-state index contributed by atoms with van der Waals surface area (Å²) in [5, 5.41) is 0. The van der Waals surface area contributed by atoms with Crippen molar-refractivity contribution in [1.82, 2.24) is 0 Å². The van der Waals surface area contributed by atoms with Gasteiger partial charge in [-0.25, -0.2) is 0 Å². The Labute approximate surface area is 86.1 Å². The molecule has 0 spiro atoms. The largest absolute Gasteiger partial charge is 0.496 e. The predicted molar refractivity (Wildman–Crippen MR) is 59.7 cm³/mol. The zero-order valence-electron chi connectivity index (χ0n) is 9.64. The topological polar surface area (TPSA) is 35.2 Å². The maximum Gasteiger partial charge on any atom is 0.126 e. The molecule has 0 radical (unpaired) electrons. The average molecular weight is 193 g/mol. The molecule has 1 aromatic rings. The smallest absolute Gasteiger partial charge is 0.126 e. The number of hydrogen-bond acceptors (Lipinski definition) is 2. The lowest BCUT2D eigenvalue weighted by molar-refractivity contribution is 0.391. The summed E-state index contributed by atoms with van der Waals surface area (Å²) in [5.41, 5.74) is 9.16. The molecule has 14 heavy (non-hydrogen) atoms. The number of rotatable bonds is 2. The van der Waals surface area contributed by atoms with Crippen LogP contribution in [0.1, 0.15) is 30.5 Å². The summed E-state index contributed by atoms with van der Waals surface area (Å²) in [6.45, 7) is 8.09. The van der Waals surface area contributed by atoms with E-state index >= 15 is 0 Å². The first kappa shape index (κ1) is 11.1. The van der Waals surface area contributed by atoms with E-state index in [4.69, 9.17) is 10.5 Å². The van der Waals surface area contributed by atoms with Gasteiger partial charge in [0.1, 0.15) is 5.75 Å². The van der Waals surface area contributed by atoms with Crippen molar-refractivity contribution in [2.24, 2.45) is 5.73 Å². The first-order valence-corrected chi connectivity index (χ1v) is 4.81. The summed E-state index contributed by atoms with van der Waals surface area (Å²) in [7, 11) is 1.69. The summed E-state index contributed by atoms with van der Waals surface area (Å²) >= 11 is 0. The molecule has 0 amide bonds. The van der Waals surface area contributed by atoms with Gasteiger partial charge < -0.3 is 10.5 Å². The Balaban J connectivity index is 3.40. The van der Waals surface area contributed by atoms with Crippen molar-refractivity contribution in [3.63, 3.8) is 0 Å². The third-order valence-electron chi connectivity index (χ3n) is 2.32. The lowest BCUT2D eigenvalue weighted by atomic mass is 9.91. The third kappa shape index (κ3) is 2.07. The van der Waals surface area contributed by atoms with Crippen LogP contribution in [0.3, 0.4) is 0 Å². The fourth-order valence-electron chi connectivity index (χ4n) is 1.70. The second-order valence-electron chi connectivity index (χ2n) is 4.38. The highest BCUT2D eigenvalue weighted by atomic mass is 16.5. The van der Waals surface area contributed by atoms with E-state index in [1.165, 1.54) is 5.56 Å². The standard InChI is InChI=1S/C12H19NO/c1-8-6-9(2)11(14-5)10(7-8)12(3,4)13/h6-7H,13H2,1-5H3. The monoisotopic (exact) mass is 193 g/mol. The highest BCUT2D eigenvalue weighted by molar-refractivity contribution is 5.46. The van der Waals surface area contributed by atoms with Crippen LogP contribution in [0.15, 0.2) is 12.1 Å². The molecule has 1 rings (SSSR count). The van der Waals surface area contributed by atoms with Crippen LogP contribution in [0.2, 0.25) is 0 Å². The molecule has 0 atom stereocenters. The van der Waals surface area contributed by atoms with E-state index < -0.39 is 0 Å². The summed E-state index contributed by atoms with van der Waals surface area (Å²) < 4.78 is 5.38. The first-order valence-electron chi connectivity index (χ1n) is 4.81. The summed E-state index contributed by atoms with van der Waals surface area (Å²) in [6, 6.07) is 4.19. The van der Waals surface area contributed by atoms with Crippen molar-refractivity contribution in [1.29, 1.82) is 0 Å². The number of benzene rings is 1. The zero-order chi connectivity index (χ0) is 10.9. The molecule has 2 N–H and O–H groups in total. The lowest BCUT2D eigenvalue weighted by Crippen LogP contribution is -2.29. The van der Waals surface area contributed by atoms with Crippen LogP contribution >= 0.6 is 0 Å². The Kier molecular flexibility index (Phi) is 2.86. The number of hydrogen-bond donors (Lipinski definition) is 1. The average Bonchev–Trinajstić information content (AvgIpc) is 2.01. The van der Waals surface area contributed by atoms with Gasteiger partial charge >= 0.3 is 0 Å². The second-order valence-corrected chi connectivity index (χ2v) is 4.38. The number of ether oxygens (including phenoxy) is 1. The molecule has 0 aliphatic heterocycles. The molecular weight excluding hydrogens is 174 g/mol. The van der Waals surface area contributed by atoms with Crippen LogP contribution in [0.5, 0.6) is 5.75 Å². The van der Waals surface area contributed by atoms with E-state index in [2.05, 4.69) is 19.1 Å². The molecule has 2 heteroatoms. The molecule has 0 fully saturated rings. The molecule has 2 nitrogen and oxygen atoms in total. The van der Waals surface area contributed by atoms with Gasteiger partial charge in [-0.05, 0) is 33.3 Å². The number of methoxy groups -OCH3 is 1. The summed E-state index contributed by atoms with van der Waals surface area (Å²) in [5.74, 6) is 0.906. The van der Waals surface area contributed by atoms with Gasteiger partial charge in [0.15, 0.2) is 0 Å². The molecule has 0 aliphatic carbocycles. The first-order chi connectivity index (χ1) is 6.36. The number of nitrogens with two attached hydrogens (primary N) is 1. The van der Waals surface area contributed by atoms with E-state index in [1.807, 2.05) is 20.8 Å². The van der Waals surface area contributed by atoms with Crippen LogP contribution in [-0.4, -0.2) is 7.11 Å². The normalized spacial score (nSPS) is 11.6. The SMILES string of the molecule is COc1c(C)cc(C)cc1C(C)(C)N. The summed E-state index contributed by atoms with van der Waals surface area (Å²) in [4.78, 5) is 0. The zero-order valence-corrected chi connectivity index (χ0v) is 9.64. The third-order valence-corrected chi connectivity index (χ3v) is 2.32. The molecular formula is C12H19NO. The fourth-order valence-corrected chi connectivity index (χ4v) is 1.70. The van der Waals surface area contributed by atoms with Crippen molar-refractivity contribution >= 4 is 0 Å². The Morgan fingerprint density at radius 3 is 2.21 bits per heavy atom. The second kappa shape index (κ2) is 3.62. The molecule has 0 heterocycles. The molecule has 0 aromatic heterocycles. The van der Waals surface area contributed by atoms with Crippen LogP contribution < -0.4 is 10.5 Å². The van der Waals surface area contributed by atoms with Gasteiger partial charge in [0.25, 0.3) is 0 Å². The fraction of sp³-hybridized carbons (Fsp3) is 0.500. The molecule has 0 saturated heterocycles. The van der Waals surface area contributed by atoms with Gasteiger partial charge in [0.2, 0.25) is 0 Å². The van der Waals surface area contributed by atoms with Crippen molar-refractivity contribution in [2.45, 2.75) is 33.2 Å². The van der Waals surface area contributed by atoms with E-state index in [0.29, 0.717) is 0 Å². The summed E-state index contributed by atoms with van der Waals surface area (Å²) in [6.07, 6.45) is 0. The molecule has 0 saturated carbocycles. The van der Waals surface area contributed by atoms with Crippen molar-refractivity contribution in [3.8, 4) is 5.75 Å². The maximum atomic E-state index is 6.09. The Morgan fingerprint density at radius 1 is 1.21 bits per heavy atom. The van der Waals surface area contributed by atoms with Crippen LogP contribution in [0.25, 0.3) is 0 Å². The van der Waals surface area contributed by atoms with Gasteiger partial charge in [-0.1, -0.05) is 17.7 Å². The van der Waals surface area contributed by atoms with Gasteiger partial charge in [-0.2, -0.15) is 0 Å². The Bertz CT molecular complexity index is 337. The van der Waals surface area contributed by atoms with Crippen molar-refractivity contribution in [3.05, 3.63) is 28.8 Å². The molecule has 78 valence electrons. The minimum absolute atomic E-state index is 0.359. The molecule has 0 unspecified atom stereocenters. The van der Waals surface area contributed by atoms with Crippen molar-refractivity contribution in [2.75, 3.05) is 7.11 Å². The highest BCUT2D eigenvalue weighted by Gasteiger charge is 2.20. The van der Waals surface area contributed by atoms with Crippen LogP contribution in [-0.2, 0) is 5.54 Å². The quantitative estimate of drug-likeness (QED) is 0.783. The van der Waals surface area contributed by atoms with E-state index in [0.717, 1.165) is 16.9 Å². The minimum atomic E-state index is -0.359.